The number of carbonyl (C=O) groups is 1. The van der Waals surface area contributed by atoms with Gasteiger partial charge < -0.3 is 15.2 Å². The van der Waals surface area contributed by atoms with E-state index in [9.17, 15) is 14.3 Å². The minimum Gasteiger partial charge on any atom is -0.484 e. The number of ether oxygens (including phenoxy) is 1. The van der Waals surface area contributed by atoms with E-state index in [-0.39, 0.29) is 18.3 Å². The van der Waals surface area contributed by atoms with Crippen LogP contribution in [0.25, 0.3) is 0 Å². The number of hydrogen-bond acceptors (Lipinski definition) is 3. The summed E-state index contributed by atoms with van der Waals surface area (Å²) in [6.07, 6.45) is -0.393. The van der Waals surface area contributed by atoms with Gasteiger partial charge in [-0.3, -0.25) is 4.79 Å². The van der Waals surface area contributed by atoms with Crippen molar-refractivity contribution in [2.45, 2.75) is 19.4 Å². The zero-order valence-electron chi connectivity index (χ0n) is 13.0. The predicted octanol–water partition coefficient (Wildman–Crippen LogP) is 2.75. The molecule has 23 heavy (non-hydrogen) atoms. The largest absolute Gasteiger partial charge is 0.484 e. The zero-order chi connectivity index (χ0) is 16.7. The molecular formula is C18H20FNO3. The number of benzene rings is 2. The molecule has 1 amide bonds. The maximum absolute atomic E-state index is 12.8. The van der Waals surface area contributed by atoms with Crippen LogP contribution in [0.1, 0.15) is 23.7 Å². The van der Waals surface area contributed by atoms with Crippen LogP contribution < -0.4 is 10.1 Å². The molecule has 0 saturated heterocycles. The predicted molar refractivity (Wildman–Crippen MR) is 85.7 cm³/mol. The second kappa shape index (κ2) is 8.29. The van der Waals surface area contributed by atoms with Gasteiger partial charge in [0, 0.05) is 6.54 Å². The van der Waals surface area contributed by atoms with E-state index in [1.165, 1.54) is 24.3 Å². The Labute approximate surface area is 134 Å². The second-order valence-corrected chi connectivity index (χ2v) is 5.26. The van der Waals surface area contributed by atoms with Crippen LogP contribution in [0.3, 0.4) is 0 Å². The van der Waals surface area contributed by atoms with Crippen molar-refractivity contribution in [2.75, 3.05) is 13.2 Å². The van der Waals surface area contributed by atoms with Crippen LogP contribution in [0.4, 0.5) is 4.39 Å². The normalized spacial score (nSPS) is 11.8. The molecule has 5 heteroatoms. The molecule has 2 N–H and O–H groups in total. The smallest absolute Gasteiger partial charge is 0.257 e. The van der Waals surface area contributed by atoms with E-state index in [4.69, 9.17) is 4.74 Å². The summed E-state index contributed by atoms with van der Waals surface area (Å²) in [5.41, 5.74) is 1.59. The summed E-state index contributed by atoms with van der Waals surface area (Å²) in [5.74, 6) is 0.0798. The standard InChI is InChI=1S/C18H20FNO3/c1-13-4-2-3-5-17(13)23-12-18(22)20-11-10-16(21)14-6-8-15(19)9-7-14/h2-9,16,21H,10-12H2,1H3,(H,20,22). The number of aryl methyl sites for hydroxylation is 1. The van der Waals surface area contributed by atoms with Crippen molar-refractivity contribution in [1.82, 2.24) is 5.32 Å². The molecule has 0 fully saturated rings. The molecule has 122 valence electrons. The first-order chi connectivity index (χ1) is 11.1. The summed E-state index contributed by atoms with van der Waals surface area (Å²) in [6, 6.07) is 13.1. The summed E-state index contributed by atoms with van der Waals surface area (Å²) >= 11 is 0. The molecule has 0 aromatic heterocycles. The van der Waals surface area contributed by atoms with Crippen molar-refractivity contribution in [3.05, 3.63) is 65.5 Å². The van der Waals surface area contributed by atoms with Crippen molar-refractivity contribution < 1.29 is 19.0 Å². The summed E-state index contributed by atoms with van der Waals surface area (Å²) < 4.78 is 18.2. The molecule has 2 rings (SSSR count). The highest BCUT2D eigenvalue weighted by atomic mass is 19.1. The molecule has 0 spiro atoms. The Hall–Kier alpha value is -2.40. The van der Waals surface area contributed by atoms with Gasteiger partial charge in [0.15, 0.2) is 6.61 Å². The van der Waals surface area contributed by atoms with E-state index in [2.05, 4.69) is 5.32 Å². The van der Waals surface area contributed by atoms with Crippen LogP contribution in [-0.2, 0) is 4.79 Å². The molecule has 0 bridgehead atoms. The lowest BCUT2D eigenvalue weighted by atomic mass is 10.1. The Morgan fingerprint density at radius 1 is 1.22 bits per heavy atom. The summed E-state index contributed by atoms with van der Waals surface area (Å²) in [4.78, 5) is 11.7. The molecule has 0 radical (unpaired) electrons. The summed E-state index contributed by atoms with van der Waals surface area (Å²) in [5, 5.41) is 12.7. The van der Waals surface area contributed by atoms with Crippen LogP contribution in [0.5, 0.6) is 5.75 Å². The lowest BCUT2D eigenvalue weighted by molar-refractivity contribution is -0.123. The molecule has 0 heterocycles. The Kier molecular flexibility index (Phi) is 6.11. The topological polar surface area (TPSA) is 58.6 Å². The molecule has 0 aliphatic carbocycles. The van der Waals surface area contributed by atoms with Crippen LogP contribution >= 0.6 is 0 Å². The SMILES string of the molecule is Cc1ccccc1OCC(=O)NCCC(O)c1ccc(F)cc1. The molecule has 1 atom stereocenters. The van der Waals surface area contributed by atoms with Gasteiger partial charge in [0.05, 0.1) is 6.10 Å². The van der Waals surface area contributed by atoms with Crippen molar-refractivity contribution in [3.63, 3.8) is 0 Å². The van der Waals surface area contributed by atoms with E-state index in [1.807, 2.05) is 25.1 Å². The zero-order valence-corrected chi connectivity index (χ0v) is 13.0. The molecule has 0 aliphatic rings. The van der Waals surface area contributed by atoms with Gasteiger partial charge in [-0.15, -0.1) is 0 Å². The Morgan fingerprint density at radius 3 is 2.61 bits per heavy atom. The quantitative estimate of drug-likeness (QED) is 0.825. The highest BCUT2D eigenvalue weighted by Crippen LogP contribution is 2.17. The number of aliphatic hydroxyl groups is 1. The number of para-hydroxylation sites is 1. The highest BCUT2D eigenvalue weighted by molar-refractivity contribution is 5.77. The maximum Gasteiger partial charge on any atom is 0.257 e. The molecule has 1 unspecified atom stereocenters. The highest BCUT2D eigenvalue weighted by Gasteiger charge is 2.09. The van der Waals surface area contributed by atoms with Gasteiger partial charge in [0.2, 0.25) is 0 Å². The van der Waals surface area contributed by atoms with Gasteiger partial charge in [-0.1, -0.05) is 30.3 Å². The van der Waals surface area contributed by atoms with Crippen molar-refractivity contribution in [1.29, 1.82) is 0 Å². The second-order valence-electron chi connectivity index (χ2n) is 5.26. The molecule has 2 aromatic rings. The lowest BCUT2D eigenvalue weighted by Crippen LogP contribution is -2.30. The number of aliphatic hydroxyl groups excluding tert-OH is 1. The Morgan fingerprint density at radius 2 is 1.91 bits per heavy atom. The Balaban J connectivity index is 1.70. The van der Waals surface area contributed by atoms with Crippen molar-refractivity contribution in [2.24, 2.45) is 0 Å². The first kappa shape index (κ1) is 17.0. The first-order valence-electron chi connectivity index (χ1n) is 7.45. The third-order valence-electron chi connectivity index (χ3n) is 3.45. The molecular weight excluding hydrogens is 297 g/mol. The van der Waals surface area contributed by atoms with E-state index in [0.29, 0.717) is 24.3 Å². The number of rotatable bonds is 7. The fraction of sp³-hybridized carbons (Fsp3) is 0.278. The summed E-state index contributed by atoms with van der Waals surface area (Å²) in [6.45, 7) is 2.15. The van der Waals surface area contributed by atoms with Crippen LogP contribution in [0.15, 0.2) is 48.5 Å². The van der Waals surface area contributed by atoms with Gasteiger partial charge in [-0.25, -0.2) is 4.39 Å². The van der Waals surface area contributed by atoms with Gasteiger partial charge in [0.25, 0.3) is 5.91 Å². The minimum absolute atomic E-state index is 0.0719. The van der Waals surface area contributed by atoms with Crippen LogP contribution in [0, 0.1) is 12.7 Å². The molecule has 0 saturated carbocycles. The van der Waals surface area contributed by atoms with Crippen LogP contribution in [-0.4, -0.2) is 24.2 Å². The first-order valence-corrected chi connectivity index (χ1v) is 7.45. The van der Waals surface area contributed by atoms with Gasteiger partial charge in [-0.05, 0) is 42.7 Å². The monoisotopic (exact) mass is 317 g/mol. The van der Waals surface area contributed by atoms with E-state index in [1.54, 1.807) is 6.07 Å². The minimum atomic E-state index is -0.742. The van der Waals surface area contributed by atoms with Crippen molar-refractivity contribution >= 4 is 5.91 Å². The molecule has 2 aromatic carbocycles. The third-order valence-corrected chi connectivity index (χ3v) is 3.45. The van der Waals surface area contributed by atoms with Crippen molar-refractivity contribution in [3.8, 4) is 5.75 Å². The van der Waals surface area contributed by atoms with Gasteiger partial charge in [-0.2, -0.15) is 0 Å². The van der Waals surface area contributed by atoms with Crippen LogP contribution in [0.2, 0.25) is 0 Å². The average Bonchev–Trinajstić information content (AvgIpc) is 2.54. The van der Waals surface area contributed by atoms with Gasteiger partial charge >= 0.3 is 0 Å². The fourth-order valence-electron chi connectivity index (χ4n) is 2.11. The van der Waals surface area contributed by atoms with E-state index >= 15 is 0 Å². The van der Waals surface area contributed by atoms with Gasteiger partial charge in [0.1, 0.15) is 11.6 Å². The van der Waals surface area contributed by atoms with E-state index in [0.717, 1.165) is 5.56 Å². The number of hydrogen-bond donors (Lipinski definition) is 2. The number of halogens is 1. The summed E-state index contributed by atoms with van der Waals surface area (Å²) in [7, 11) is 0. The van der Waals surface area contributed by atoms with E-state index < -0.39 is 6.10 Å². The Bertz CT molecular complexity index is 643. The number of nitrogens with one attached hydrogen (secondary N) is 1. The average molecular weight is 317 g/mol. The lowest BCUT2D eigenvalue weighted by Gasteiger charge is -2.12. The maximum atomic E-state index is 12.8. The number of carbonyl (C=O) groups excluding carboxylic acids is 1. The third kappa shape index (κ3) is 5.38. The fourth-order valence-corrected chi connectivity index (χ4v) is 2.11. The number of amides is 1. The molecule has 4 nitrogen and oxygen atoms in total. The molecule has 0 aliphatic heterocycles.